The fourth-order valence-corrected chi connectivity index (χ4v) is 1.62. The topological polar surface area (TPSA) is 38.1 Å². The zero-order chi connectivity index (χ0) is 8.93. The van der Waals surface area contributed by atoms with Gasteiger partial charge in [-0.2, -0.15) is 0 Å². The number of rotatable bonds is 4. The van der Waals surface area contributed by atoms with Crippen molar-refractivity contribution in [2.45, 2.75) is 6.42 Å². The van der Waals surface area contributed by atoms with Gasteiger partial charge in [0.05, 0.1) is 6.26 Å². The molecular formula is C9H10N2OS. The first-order valence-electron chi connectivity index (χ1n) is 4.11. The van der Waals surface area contributed by atoms with Gasteiger partial charge in [-0.1, -0.05) is 0 Å². The van der Waals surface area contributed by atoms with Gasteiger partial charge < -0.3 is 9.73 Å². The quantitative estimate of drug-likeness (QED) is 0.812. The zero-order valence-corrected chi connectivity index (χ0v) is 7.88. The van der Waals surface area contributed by atoms with Gasteiger partial charge in [-0.25, -0.2) is 4.98 Å². The standard InChI is InChI=1S/C9H10N2OS/c1-2-8(12-6-1)3-4-10-9-11-5-7-13-9/h1-2,5-7H,3-4H2,(H,10,11). The molecule has 0 radical (unpaired) electrons. The Balaban J connectivity index is 1.76. The Morgan fingerprint density at radius 2 is 2.54 bits per heavy atom. The molecule has 0 atom stereocenters. The highest BCUT2D eigenvalue weighted by atomic mass is 32.1. The lowest BCUT2D eigenvalue weighted by Gasteiger charge is -1.98. The summed E-state index contributed by atoms with van der Waals surface area (Å²) in [5, 5.41) is 6.13. The van der Waals surface area contributed by atoms with Gasteiger partial charge in [0.25, 0.3) is 0 Å². The Hall–Kier alpha value is -1.29. The van der Waals surface area contributed by atoms with Gasteiger partial charge in [0.1, 0.15) is 5.76 Å². The van der Waals surface area contributed by atoms with Crippen LogP contribution in [0.4, 0.5) is 5.13 Å². The second kappa shape index (κ2) is 4.09. The average molecular weight is 194 g/mol. The number of anilines is 1. The predicted molar refractivity (Wildman–Crippen MR) is 53.0 cm³/mol. The average Bonchev–Trinajstić information content (AvgIpc) is 2.75. The highest BCUT2D eigenvalue weighted by molar-refractivity contribution is 7.13. The highest BCUT2D eigenvalue weighted by Gasteiger charge is 1.96. The number of furan rings is 1. The molecule has 2 heterocycles. The molecule has 0 saturated carbocycles. The maximum Gasteiger partial charge on any atom is 0.182 e. The lowest BCUT2D eigenvalue weighted by atomic mass is 10.3. The van der Waals surface area contributed by atoms with Gasteiger partial charge in [0, 0.05) is 24.5 Å². The Kier molecular flexibility index (Phi) is 2.62. The number of nitrogens with one attached hydrogen (secondary N) is 1. The van der Waals surface area contributed by atoms with E-state index in [9.17, 15) is 0 Å². The number of aromatic nitrogens is 1. The summed E-state index contributed by atoms with van der Waals surface area (Å²) in [6.07, 6.45) is 4.38. The van der Waals surface area contributed by atoms with Crippen molar-refractivity contribution in [2.75, 3.05) is 11.9 Å². The molecule has 0 unspecified atom stereocenters. The van der Waals surface area contributed by atoms with Gasteiger partial charge in [-0.15, -0.1) is 11.3 Å². The minimum absolute atomic E-state index is 0.862. The smallest absolute Gasteiger partial charge is 0.182 e. The van der Waals surface area contributed by atoms with Crippen molar-refractivity contribution in [3.05, 3.63) is 35.7 Å². The molecule has 4 heteroatoms. The van der Waals surface area contributed by atoms with Crippen molar-refractivity contribution in [1.82, 2.24) is 4.98 Å². The van der Waals surface area contributed by atoms with Crippen LogP contribution in [0.15, 0.2) is 34.4 Å². The van der Waals surface area contributed by atoms with Crippen LogP contribution in [0.5, 0.6) is 0 Å². The molecule has 0 amide bonds. The first-order valence-corrected chi connectivity index (χ1v) is 4.99. The molecule has 13 heavy (non-hydrogen) atoms. The predicted octanol–water partition coefficient (Wildman–Crippen LogP) is 2.39. The Morgan fingerprint density at radius 1 is 1.54 bits per heavy atom. The summed E-state index contributed by atoms with van der Waals surface area (Å²) in [4.78, 5) is 4.11. The molecule has 3 nitrogen and oxygen atoms in total. The normalized spacial score (nSPS) is 10.2. The van der Waals surface area contributed by atoms with E-state index in [0.717, 1.165) is 23.9 Å². The minimum atomic E-state index is 0.862. The summed E-state index contributed by atoms with van der Waals surface area (Å²) in [7, 11) is 0. The van der Waals surface area contributed by atoms with Crippen LogP contribution >= 0.6 is 11.3 Å². The first-order chi connectivity index (χ1) is 6.45. The van der Waals surface area contributed by atoms with E-state index >= 15 is 0 Å². The van der Waals surface area contributed by atoms with Gasteiger partial charge in [0.15, 0.2) is 5.13 Å². The third-order valence-corrected chi connectivity index (χ3v) is 2.39. The third-order valence-electron chi connectivity index (χ3n) is 1.66. The number of hydrogen-bond acceptors (Lipinski definition) is 4. The first kappa shape index (κ1) is 8.31. The number of hydrogen-bond donors (Lipinski definition) is 1. The van der Waals surface area contributed by atoms with Gasteiger partial charge in [-0.05, 0) is 12.1 Å². The van der Waals surface area contributed by atoms with Crippen molar-refractivity contribution in [2.24, 2.45) is 0 Å². The lowest BCUT2D eigenvalue weighted by Crippen LogP contribution is -2.03. The van der Waals surface area contributed by atoms with Crippen LogP contribution in [0.25, 0.3) is 0 Å². The molecule has 1 N–H and O–H groups in total. The van der Waals surface area contributed by atoms with Crippen LogP contribution in [-0.2, 0) is 6.42 Å². The fraction of sp³-hybridized carbons (Fsp3) is 0.222. The van der Waals surface area contributed by atoms with Crippen molar-refractivity contribution in [3.8, 4) is 0 Å². The molecule has 2 aromatic rings. The van der Waals surface area contributed by atoms with Gasteiger partial charge in [0.2, 0.25) is 0 Å². The van der Waals surface area contributed by atoms with E-state index < -0.39 is 0 Å². The van der Waals surface area contributed by atoms with Crippen LogP contribution in [0.1, 0.15) is 5.76 Å². The summed E-state index contributed by atoms with van der Waals surface area (Å²) >= 11 is 1.61. The van der Waals surface area contributed by atoms with E-state index in [1.807, 2.05) is 17.5 Å². The molecule has 0 spiro atoms. The highest BCUT2D eigenvalue weighted by Crippen LogP contribution is 2.10. The van der Waals surface area contributed by atoms with E-state index in [4.69, 9.17) is 4.42 Å². The van der Waals surface area contributed by atoms with Crippen molar-refractivity contribution in [3.63, 3.8) is 0 Å². The van der Waals surface area contributed by atoms with E-state index in [1.54, 1.807) is 23.8 Å². The van der Waals surface area contributed by atoms with Gasteiger partial charge >= 0.3 is 0 Å². The molecule has 0 aliphatic rings. The molecule has 0 fully saturated rings. The summed E-state index contributed by atoms with van der Waals surface area (Å²) in [5.74, 6) is 1.00. The van der Waals surface area contributed by atoms with Crippen LogP contribution in [-0.4, -0.2) is 11.5 Å². The molecule has 0 aliphatic heterocycles. The SMILES string of the molecule is c1coc(CCNc2nccs2)c1. The molecule has 0 saturated heterocycles. The summed E-state index contributed by atoms with van der Waals surface area (Å²) in [6.45, 7) is 0.862. The molecule has 0 bridgehead atoms. The van der Waals surface area contributed by atoms with Crippen molar-refractivity contribution >= 4 is 16.5 Å². The molecule has 2 rings (SSSR count). The second-order valence-electron chi connectivity index (χ2n) is 2.59. The Labute approximate surface area is 80.4 Å². The summed E-state index contributed by atoms with van der Waals surface area (Å²) in [5.41, 5.74) is 0. The van der Waals surface area contributed by atoms with Crippen LogP contribution in [0, 0.1) is 0 Å². The minimum Gasteiger partial charge on any atom is -0.469 e. The van der Waals surface area contributed by atoms with E-state index in [-0.39, 0.29) is 0 Å². The van der Waals surface area contributed by atoms with E-state index in [2.05, 4.69) is 10.3 Å². The zero-order valence-electron chi connectivity index (χ0n) is 7.06. The summed E-state index contributed by atoms with van der Waals surface area (Å²) in [6, 6.07) is 3.88. The van der Waals surface area contributed by atoms with Crippen LogP contribution in [0.2, 0.25) is 0 Å². The fourth-order valence-electron chi connectivity index (χ4n) is 1.06. The molecule has 0 aliphatic carbocycles. The molecule has 68 valence electrons. The van der Waals surface area contributed by atoms with Gasteiger partial charge in [-0.3, -0.25) is 0 Å². The second-order valence-corrected chi connectivity index (χ2v) is 3.49. The number of nitrogens with zero attached hydrogens (tertiary/aromatic N) is 1. The van der Waals surface area contributed by atoms with E-state index in [0.29, 0.717) is 0 Å². The Morgan fingerprint density at radius 3 is 3.23 bits per heavy atom. The maximum absolute atomic E-state index is 5.20. The monoisotopic (exact) mass is 194 g/mol. The largest absolute Gasteiger partial charge is 0.469 e. The summed E-state index contributed by atoms with van der Waals surface area (Å²) < 4.78 is 5.20. The van der Waals surface area contributed by atoms with E-state index in [1.165, 1.54) is 0 Å². The molecule has 0 aromatic carbocycles. The van der Waals surface area contributed by atoms with Crippen molar-refractivity contribution in [1.29, 1.82) is 0 Å². The van der Waals surface area contributed by atoms with Crippen LogP contribution < -0.4 is 5.32 Å². The molecule has 2 aromatic heterocycles. The molecular weight excluding hydrogens is 184 g/mol. The Bertz CT molecular complexity index is 294. The van der Waals surface area contributed by atoms with Crippen LogP contribution in [0.3, 0.4) is 0 Å². The maximum atomic E-state index is 5.20. The van der Waals surface area contributed by atoms with Crippen molar-refractivity contribution < 1.29 is 4.42 Å². The lowest BCUT2D eigenvalue weighted by molar-refractivity contribution is 0.513. The number of thiazole rings is 1. The third kappa shape index (κ3) is 2.32.